The largest absolute Gasteiger partial charge is 0.378 e. The van der Waals surface area contributed by atoms with E-state index < -0.39 is 0 Å². The number of benzene rings is 1. The summed E-state index contributed by atoms with van der Waals surface area (Å²) in [5, 5.41) is 2.90. The Bertz CT molecular complexity index is 407. The molecule has 0 saturated heterocycles. The minimum atomic E-state index is -0.0407. The molecule has 0 heterocycles. The molecule has 1 unspecified atom stereocenters. The summed E-state index contributed by atoms with van der Waals surface area (Å²) in [6.07, 6.45) is 4.35. The van der Waals surface area contributed by atoms with Gasteiger partial charge < -0.3 is 10.2 Å². The maximum absolute atomic E-state index is 11.6. The summed E-state index contributed by atoms with van der Waals surface area (Å²) < 4.78 is 0. The zero-order valence-electron chi connectivity index (χ0n) is 11.6. The van der Waals surface area contributed by atoms with E-state index in [2.05, 4.69) is 12.2 Å². The number of carbonyl (C=O) groups excluding carboxylic acids is 1. The molecule has 1 aromatic rings. The molecular weight excluding hydrogens is 224 g/mol. The Hall–Kier alpha value is -1.77. The number of hydrogen-bond acceptors (Lipinski definition) is 2. The van der Waals surface area contributed by atoms with Gasteiger partial charge in [0.05, 0.1) is 0 Å². The van der Waals surface area contributed by atoms with E-state index >= 15 is 0 Å². The molecule has 0 saturated carbocycles. The van der Waals surface area contributed by atoms with Gasteiger partial charge in [0.2, 0.25) is 5.91 Å². The van der Waals surface area contributed by atoms with Gasteiger partial charge in [0.15, 0.2) is 0 Å². The summed E-state index contributed by atoms with van der Waals surface area (Å²) in [5.41, 5.74) is 2.18. The average Bonchev–Trinajstić information content (AvgIpc) is 2.36. The molecule has 3 nitrogen and oxygen atoms in total. The predicted molar refractivity (Wildman–Crippen MR) is 77.7 cm³/mol. The third-order valence-corrected chi connectivity index (χ3v) is 2.84. The Morgan fingerprint density at radius 1 is 1.33 bits per heavy atom. The van der Waals surface area contributed by atoms with Gasteiger partial charge in [0, 0.05) is 31.9 Å². The second kappa shape index (κ2) is 6.84. The zero-order chi connectivity index (χ0) is 13.5. The molecule has 1 rings (SSSR count). The van der Waals surface area contributed by atoms with Crippen molar-refractivity contribution in [2.24, 2.45) is 0 Å². The second-order valence-corrected chi connectivity index (χ2v) is 4.64. The van der Waals surface area contributed by atoms with Gasteiger partial charge in [-0.3, -0.25) is 4.79 Å². The van der Waals surface area contributed by atoms with Crippen LogP contribution in [0.3, 0.4) is 0 Å². The number of rotatable bonds is 5. The molecule has 18 heavy (non-hydrogen) atoms. The topological polar surface area (TPSA) is 32.3 Å². The van der Waals surface area contributed by atoms with Crippen molar-refractivity contribution in [1.82, 2.24) is 5.32 Å². The molecule has 0 radical (unpaired) electrons. The predicted octanol–water partition coefficient (Wildman–Crippen LogP) is 2.68. The minimum Gasteiger partial charge on any atom is -0.378 e. The zero-order valence-corrected chi connectivity index (χ0v) is 11.6. The molecule has 1 amide bonds. The number of amides is 1. The third-order valence-electron chi connectivity index (χ3n) is 2.84. The van der Waals surface area contributed by atoms with Crippen LogP contribution in [-0.4, -0.2) is 26.0 Å². The molecular formula is C15H22N2O. The van der Waals surface area contributed by atoms with Crippen molar-refractivity contribution in [1.29, 1.82) is 0 Å². The van der Waals surface area contributed by atoms with E-state index in [1.807, 2.05) is 56.3 Å². The molecule has 0 fully saturated rings. The van der Waals surface area contributed by atoms with Crippen LogP contribution in [0.1, 0.15) is 25.8 Å². The Morgan fingerprint density at radius 2 is 1.94 bits per heavy atom. The van der Waals surface area contributed by atoms with Crippen LogP contribution in [0.2, 0.25) is 0 Å². The first kappa shape index (κ1) is 14.3. The molecule has 0 bridgehead atoms. The lowest BCUT2D eigenvalue weighted by Gasteiger charge is -2.11. The molecule has 0 aromatic heterocycles. The average molecular weight is 246 g/mol. The third kappa shape index (κ3) is 4.62. The van der Waals surface area contributed by atoms with Gasteiger partial charge in [-0.05, 0) is 37.1 Å². The van der Waals surface area contributed by atoms with Crippen molar-refractivity contribution in [3.05, 3.63) is 35.9 Å². The van der Waals surface area contributed by atoms with E-state index in [0.717, 1.165) is 17.7 Å². The summed E-state index contributed by atoms with van der Waals surface area (Å²) in [7, 11) is 4.01. The fourth-order valence-electron chi connectivity index (χ4n) is 1.45. The maximum atomic E-state index is 11.6. The van der Waals surface area contributed by atoms with Crippen LogP contribution in [0, 0.1) is 0 Å². The lowest BCUT2D eigenvalue weighted by atomic mass is 10.2. The molecule has 0 spiro atoms. The molecule has 1 N–H and O–H groups in total. The fraction of sp³-hybridized carbons (Fsp3) is 0.400. The standard InChI is InChI=1S/C15H22N2O/c1-5-12(2)16-15(18)11-8-13-6-9-14(10-7-13)17(3)4/h6-12H,5H2,1-4H3,(H,16,18). The Labute approximate surface area is 109 Å². The van der Waals surface area contributed by atoms with E-state index in [1.165, 1.54) is 0 Å². The van der Waals surface area contributed by atoms with Crippen molar-refractivity contribution in [3.63, 3.8) is 0 Å². The first-order valence-corrected chi connectivity index (χ1v) is 6.29. The Morgan fingerprint density at radius 3 is 2.44 bits per heavy atom. The highest BCUT2D eigenvalue weighted by atomic mass is 16.1. The van der Waals surface area contributed by atoms with Crippen molar-refractivity contribution in [2.75, 3.05) is 19.0 Å². The Balaban J connectivity index is 2.59. The lowest BCUT2D eigenvalue weighted by Crippen LogP contribution is -2.30. The second-order valence-electron chi connectivity index (χ2n) is 4.64. The SMILES string of the molecule is CCC(C)NC(=O)C=Cc1ccc(N(C)C)cc1. The monoisotopic (exact) mass is 246 g/mol. The molecule has 1 aromatic carbocycles. The molecule has 0 aliphatic rings. The van der Waals surface area contributed by atoms with Crippen molar-refractivity contribution >= 4 is 17.7 Å². The van der Waals surface area contributed by atoms with Crippen LogP contribution in [-0.2, 0) is 4.79 Å². The van der Waals surface area contributed by atoms with Crippen LogP contribution < -0.4 is 10.2 Å². The van der Waals surface area contributed by atoms with Crippen LogP contribution in [0.15, 0.2) is 30.3 Å². The van der Waals surface area contributed by atoms with Crippen molar-refractivity contribution in [2.45, 2.75) is 26.3 Å². The van der Waals surface area contributed by atoms with Crippen LogP contribution in [0.5, 0.6) is 0 Å². The molecule has 0 aliphatic carbocycles. The van der Waals surface area contributed by atoms with E-state index in [4.69, 9.17) is 0 Å². The number of nitrogens with zero attached hydrogens (tertiary/aromatic N) is 1. The summed E-state index contributed by atoms with van der Waals surface area (Å²) in [6.45, 7) is 4.05. The summed E-state index contributed by atoms with van der Waals surface area (Å²) in [4.78, 5) is 13.6. The smallest absolute Gasteiger partial charge is 0.244 e. The van der Waals surface area contributed by atoms with Crippen LogP contribution >= 0.6 is 0 Å². The Kier molecular flexibility index (Phi) is 5.43. The minimum absolute atomic E-state index is 0.0407. The van der Waals surface area contributed by atoms with Gasteiger partial charge in [0.1, 0.15) is 0 Å². The van der Waals surface area contributed by atoms with Gasteiger partial charge in [0.25, 0.3) is 0 Å². The van der Waals surface area contributed by atoms with Crippen molar-refractivity contribution in [3.8, 4) is 0 Å². The highest BCUT2D eigenvalue weighted by molar-refractivity contribution is 5.91. The van der Waals surface area contributed by atoms with Gasteiger partial charge in [-0.1, -0.05) is 19.1 Å². The fourth-order valence-corrected chi connectivity index (χ4v) is 1.45. The first-order chi connectivity index (χ1) is 8.52. The number of anilines is 1. The quantitative estimate of drug-likeness (QED) is 0.810. The number of hydrogen-bond donors (Lipinski definition) is 1. The first-order valence-electron chi connectivity index (χ1n) is 6.29. The highest BCUT2D eigenvalue weighted by Gasteiger charge is 2.01. The molecule has 98 valence electrons. The van der Waals surface area contributed by atoms with Gasteiger partial charge >= 0.3 is 0 Å². The van der Waals surface area contributed by atoms with E-state index in [9.17, 15) is 4.79 Å². The van der Waals surface area contributed by atoms with Crippen molar-refractivity contribution < 1.29 is 4.79 Å². The van der Waals surface area contributed by atoms with Crippen LogP contribution in [0.25, 0.3) is 6.08 Å². The van der Waals surface area contributed by atoms with E-state index in [1.54, 1.807) is 6.08 Å². The van der Waals surface area contributed by atoms with Gasteiger partial charge in [-0.25, -0.2) is 0 Å². The normalized spacial score (nSPS) is 12.4. The summed E-state index contributed by atoms with van der Waals surface area (Å²) in [6, 6.07) is 8.29. The summed E-state index contributed by atoms with van der Waals surface area (Å²) >= 11 is 0. The lowest BCUT2D eigenvalue weighted by molar-refractivity contribution is -0.117. The van der Waals surface area contributed by atoms with Gasteiger partial charge in [-0.2, -0.15) is 0 Å². The maximum Gasteiger partial charge on any atom is 0.244 e. The summed E-state index contributed by atoms with van der Waals surface area (Å²) in [5.74, 6) is -0.0407. The molecule has 1 atom stereocenters. The molecule has 0 aliphatic heterocycles. The highest BCUT2D eigenvalue weighted by Crippen LogP contribution is 2.12. The van der Waals surface area contributed by atoms with Gasteiger partial charge in [-0.15, -0.1) is 0 Å². The van der Waals surface area contributed by atoms with E-state index in [0.29, 0.717) is 0 Å². The van der Waals surface area contributed by atoms with Crippen LogP contribution in [0.4, 0.5) is 5.69 Å². The number of nitrogens with one attached hydrogen (secondary N) is 1. The molecule has 3 heteroatoms. The van der Waals surface area contributed by atoms with E-state index in [-0.39, 0.29) is 11.9 Å². The number of carbonyl (C=O) groups is 1.